The third-order valence-corrected chi connectivity index (χ3v) is 3.99. The van der Waals surface area contributed by atoms with Crippen LogP contribution in [0.4, 0.5) is 0 Å². The molecule has 2 atom stereocenters. The monoisotopic (exact) mass is 252 g/mol. The molecule has 1 aromatic heterocycles. The molecule has 4 heteroatoms. The highest BCUT2D eigenvalue weighted by molar-refractivity contribution is 5.08. The third kappa shape index (κ3) is 2.60. The first-order chi connectivity index (χ1) is 8.57. The largest absolute Gasteiger partial charge is 0.463 e. The average Bonchev–Trinajstić information content (AvgIpc) is 2.80. The second kappa shape index (κ2) is 5.43. The van der Waals surface area contributed by atoms with Crippen molar-refractivity contribution in [2.75, 3.05) is 6.61 Å². The molecule has 0 aliphatic heterocycles. The van der Waals surface area contributed by atoms with Gasteiger partial charge in [0.05, 0.1) is 19.2 Å². The smallest absolute Gasteiger partial charge is 0.118 e. The van der Waals surface area contributed by atoms with Crippen molar-refractivity contribution < 1.29 is 9.15 Å². The van der Waals surface area contributed by atoms with E-state index in [2.05, 4.69) is 19.2 Å². The molecule has 0 bridgehead atoms. The average molecular weight is 252 g/mol. The van der Waals surface area contributed by atoms with Crippen molar-refractivity contribution in [1.29, 1.82) is 0 Å². The van der Waals surface area contributed by atoms with E-state index in [4.69, 9.17) is 14.9 Å². The summed E-state index contributed by atoms with van der Waals surface area (Å²) < 4.78 is 11.3. The topological polar surface area (TPSA) is 60.4 Å². The van der Waals surface area contributed by atoms with Crippen molar-refractivity contribution in [3.63, 3.8) is 0 Å². The molecule has 0 radical (unpaired) electrons. The van der Waals surface area contributed by atoms with E-state index in [9.17, 15) is 0 Å². The zero-order chi connectivity index (χ0) is 13.2. The first-order valence-corrected chi connectivity index (χ1v) is 6.70. The zero-order valence-corrected chi connectivity index (χ0v) is 11.5. The van der Waals surface area contributed by atoms with Crippen LogP contribution in [0.25, 0.3) is 0 Å². The van der Waals surface area contributed by atoms with Gasteiger partial charge in [-0.25, -0.2) is 0 Å². The lowest BCUT2D eigenvalue weighted by Crippen LogP contribution is -2.60. The normalized spacial score (nSPS) is 26.0. The summed E-state index contributed by atoms with van der Waals surface area (Å²) in [5.74, 6) is 1.79. The van der Waals surface area contributed by atoms with E-state index in [0.717, 1.165) is 31.1 Å². The molecule has 1 aromatic rings. The van der Waals surface area contributed by atoms with Gasteiger partial charge in [0.2, 0.25) is 0 Å². The molecule has 18 heavy (non-hydrogen) atoms. The standard InChI is InChI=1S/C14H24N2O2/c1-4-17-13-7-12(14(13,2)3)16-9-11-6-5-10(8-15)18-11/h5-6,12-13,16H,4,7-9,15H2,1-3H3. The Morgan fingerprint density at radius 1 is 1.44 bits per heavy atom. The lowest BCUT2D eigenvalue weighted by molar-refractivity contribution is -0.114. The molecule has 1 aliphatic carbocycles. The summed E-state index contributed by atoms with van der Waals surface area (Å²) in [4.78, 5) is 0. The van der Waals surface area contributed by atoms with Crippen LogP contribution < -0.4 is 11.1 Å². The second-order valence-corrected chi connectivity index (χ2v) is 5.51. The van der Waals surface area contributed by atoms with Gasteiger partial charge >= 0.3 is 0 Å². The van der Waals surface area contributed by atoms with Gasteiger partial charge in [-0.2, -0.15) is 0 Å². The molecular formula is C14H24N2O2. The van der Waals surface area contributed by atoms with Gasteiger partial charge < -0.3 is 20.2 Å². The van der Waals surface area contributed by atoms with Crippen LogP contribution >= 0.6 is 0 Å². The van der Waals surface area contributed by atoms with Gasteiger partial charge in [0.15, 0.2) is 0 Å². The van der Waals surface area contributed by atoms with E-state index in [1.165, 1.54) is 0 Å². The molecule has 1 heterocycles. The van der Waals surface area contributed by atoms with Gasteiger partial charge in [-0.1, -0.05) is 13.8 Å². The van der Waals surface area contributed by atoms with Crippen LogP contribution in [-0.4, -0.2) is 18.8 Å². The summed E-state index contributed by atoms with van der Waals surface area (Å²) in [6.45, 7) is 8.56. The summed E-state index contributed by atoms with van der Waals surface area (Å²) >= 11 is 0. The van der Waals surface area contributed by atoms with Gasteiger partial charge in [0.1, 0.15) is 11.5 Å². The highest BCUT2D eigenvalue weighted by atomic mass is 16.5. The Labute approximate surface area is 109 Å². The lowest BCUT2D eigenvalue weighted by Gasteiger charge is -2.51. The van der Waals surface area contributed by atoms with Crippen LogP contribution in [0.15, 0.2) is 16.5 Å². The lowest BCUT2D eigenvalue weighted by atomic mass is 9.64. The first-order valence-electron chi connectivity index (χ1n) is 6.70. The van der Waals surface area contributed by atoms with Gasteiger partial charge in [-0.15, -0.1) is 0 Å². The molecule has 0 spiro atoms. The molecule has 4 nitrogen and oxygen atoms in total. The van der Waals surface area contributed by atoms with E-state index in [1.807, 2.05) is 19.1 Å². The highest BCUT2D eigenvalue weighted by Crippen LogP contribution is 2.42. The molecule has 102 valence electrons. The first kappa shape index (κ1) is 13.6. The fourth-order valence-corrected chi connectivity index (χ4v) is 2.57. The van der Waals surface area contributed by atoms with E-state index in [0.29, 0.717) is 18.7 Å². The van der Waals surface area contributed by atoms with E-state index < -0.39 is 0 Å². The maximum absolute atomic E-state index is 5.72. The quantitative estimate of drug-likeness (QED) is 0.813. The van der Waals surface area contributed by atoms with Gasteiger partial charge in [-0.3, -0.25) is 0 Å². The summed E-state index contributed by atoms with van der Waals surface area (Å²) in [6, 6.07) is 4.41. The van der Waals surface area contributed by atoms with E-state index in [-0.39, 0.29) is 5.41 Å². The maximum atomic E-state index is 5.72. The Balaban J connectivity index is 1.81. The minimum atomic E-state index is 0.194. The SMILES string of the molecule is CCOC1CC(NCc2ccc(CN)o2)C1(C)C. The van der Waals surface area contributed by atoms with Crippen molar-refractivity contribution >= 4 is 0 Å². The molecule has 0 amide bonds. The molecule has 1 aliphatic rings. The van der Waals surface area contributed by atoms with Crippen LogP contribution in [0.5, 0.6) is 0 Å². The predicted molar refractivity (Wildman–Crippen MR) is 71.0 cm³/mol. The molecular weight excluding hydrogens is 228 g/mol. The fraction of sp³-hybridized carbons (Fsp3) is 0.714. The highest BCUT2D eigenvalue weighted by Gasteiger charge is 2.48. The van der Waals surface area contributed by atoms with Gasteiger partial charge in [-0.05, 0) is 25.5 Å². The maximum Gasteiger partial charge on any atom is 0.118 e. The number of nitrogens with two attached hydrogens (primary N) is 1. The van der Waals surface area contributed by atoms with E-state index >= 15 is 0 Å². The van der Waals surface area contributed by atoms with Crippen molar-refractivity contribution in [2.24, 2.45) is 11.1 Å². The van der Waals surface area contributed by atoms with Gasteiger partial charge in [0, 0.05) is 18.1 Å². The summed E-state index contributed by atoms with van der Waals surface area (Å²) in [6.07, 6.45) is 1.45. The van der Waals surface area contributed by atoms with Crippen LogP contribution in [-0.2, 0) is 17.8 Å². The van der Waals surface area contributed by atoms with Crippen molar-refractivity contribution in [3.8, 4) is 0 Å². The molecule has 1 fully saturated rings. The number of ether oxygens (including phenoxy) is 1. The van der Waals surface area contributed by atoms with Crippen LogP contribution in [0.2, 0.25) is 0 Å². The number of nitrogens with one attached hydrogen (secondary N) is 1. The Morgan fingerprint density at radius 3 is 2.72 bits per heavy atom. The third-order valence-electron chi connectivity index (χ3n) is 3.99. The van der Waals surface area contributed by atoms with Crippen LogP contribution in [0.1, 0.15) is 38.7 Å². The van der Waals surface area contributed by atoms with Gasteiger partial charge in [0.25, 0.3) is 0 Å². The second-order valence-electron chi connectivity index (χ2n) is 5.51. The summed E-state index contributed by atoms with van der Waals surface area (Å²) in [7, 11) is 0. The number of furan rings is 1. The Morgan fingerprint density at radius 2 is 2.17 bits per heavy atom. The Kier molecular flexibility index (Phi) is 4.10. The summed E-state index contributed by atoms with van der Waals surface area (Å²) in [5, 5.41) is 3.54. The minimum Gasteiger partial charge on any atom is -0.463 e. The Bertz CT molecular complexity index is 387. The number of hydrogen-bond donors (Lipinski definition) is 2. The fourth-order valence-electron chi connectivity index (χ4n) is 2.57. The molecule has 3 N–H and O–H groups in total. The van der Waals surface area contributed by atoms with Crippen LogP contribution in [0.3, 0.4) is 0 Å². The zero-order valence-electron chi connectivity index (χ0n) is 11.5. The van der Waals surface area contributed by atoms with E-state index in [1.54, 1.807) is 0 Å². The predicted octanol–water partition coefficient (Wildman–Crippen LogP) is 2.03. The minimum absolute atomic E-state index is 0.194. The molecule has 2 unspecified atom stereocenters. The van der Waals surface area contributed by atoms with Crippen LogP contribution in [0, 0.1) is 5.41 Å². The Hall–Kier alpha value is -0.840. The number of hydrogen-bond acceptors (Lipinski definition) is 4. The molecule has 0 saturated heterocycles. The molecule has 2 rings (SSSR count). The van der Waals surface area contributed by atoms with Crippen molar-refractivity contribution in [1.82, 2.24) is 5.32 Å². The molecule has 1 saturated carbocycles. The molecule has 0 aromatic carbocycles. The summed E-state index contributed by atoms with van der Waals surface area (Å²) in [5.41, 5.74) is 5.71. The van der Waals surface area contributed by atoms with Crippen molar-refractivity contribution in [2.45, 2.75) is 52.4 Å². The van der Waals surface area contributed by atoms with Crippen molar-refractivity contribution in [3.05, 3.63) is 23.7 Å². The number of rotatable bonds is 6.